The molecule has 0 N–H and O–H groups in total. The van der Waals surface area contributed by atoms with E-state index in [1.54, 1.807) is 6.07 Å². The zero-order chi connectivity index (χ0) is 24.5. The maximum Gasteiger partial charge on any atom is 0.130 e. The molecule has 0 nitrogen and oxygen atoms in total. The molecular formula is C34H41F. The fourth-order valence-electron chi connectivity index (χ4n) is 5.65. The minimum absolute atomic E-state index is 0.112. The van der Waals surface area contributed by atoms with Gasteiger partial charge in [0, 0.05) is 5.56 Å². The normalized spacial score (nSPS) is 19.2. The SMILES string of the molecule is CCCC1CCC(CCc2ccc(C=Cc3ccc(C[C@H](C)c4ccccc4)cc3)c(F)c2)CC1. The summed E-state index contributed by atoms with van der Waals surface area (Å²) in [5.74, 6) is 2.15. The minimum atomic E-state index is -0.112. The van der Waals surface area contributed by atoms with Crippen LogP contribution < -0.4 is 0 Å². The fraction of sp³-hybridized carbons (Fsp3) is 0.412. The van der Waals surface area contributed by atoms with Crippen molar-refractivity contribution in [2.24, 2.45) is 11.8 Å². The lowest BCUT2D eigenvalue weighted by atomic mass is 9.78. The van der Waals surface area contributed by atoms with Gasteiger partial charge >= 0.3 is 0 Å². The molecule has 0 bridgehead atoms. The van der Waals surface area contributed by atoms with E-state index in [4.69, 9.17) is 0 Å². The van der Waals surface area contributed by atoms with Crippen LogP contribution in [0.1, 0.15) is 92.5 Å². The average Bonchev–Trinajstić information content (AvgIpc) is 2.89. The predicted molar refractivity (Wildman–Crippen MR) is 149 cm³/mol. The molecular weight excluding hydrogens is 427 g/mol. The molecule has 0 amide bonds. The van der Waals surface area contributed by atoms with Gasteiger partial charge in [0.1, 0.15) is 5.82 Å². The van der Waals surface area contributed by atoms with E-state index in [0.717, 1.165) is 35.8 Å². The summed E-state index contributed by atoms with van der Waals surface area (Å²) in [5, 5.41) is 0. The Morgan fingerprint density at radius 1 is 0.800 bits per heavy atom. The summed E-state index contributed by atoms with van der Waals surface area (Å²) in [5.41, 5.74) is 5.59. The molecule has 3 aromatic carbocycles. The van der Waals surface area contributed by atoms with Gasteiger partial charge in [0.05, 0.1) is 0 Å². The minimum Gasteiger partial charge on any atom is -0.206 e. The summed E-state index contributed by atoms with van der Waals surface area (Å²) in [4.78, 5) is 0. The van der Waals surface area contributed by atoms with Crippen molar-refractivity contribution in [1.82, 2.24) is 0 Å². The van der Waals surface area contributed by atoms with E-state index in [1.807, 2.05) is 18.2 Å². The quantitative estimate of drug-likeness (QED) is 0.260. The molecule has 0 heterocycles. The van der Waals surface area contributed by atoms with Crippen molar-refractivity contribution in [3.63, 3.8) is 0 Å². The highest BCUT2D eigenvalue weighted by atomic mass is 19.1. The van der Waals surface area contributed by atoms with Crippen LogP contribution >= 0.6 is 0 Å². The molecule has 184 valence electrons. The Labute approximate surface area is 212 Å². The van der Waals surface area contributed by atoms with Crippen LogP contribution in [-0.4, -0.2) is 0 Å². The number of aryl methyl sites for hydroxylation is 1. The number of hydrogen-bond donors (Lipinski definition) is 0. The van der Waals surface area contributed by atoms with Gasteiger partial charge in [0.25, 0.3) is 0 Å². The van der Waals surface area contributed by atoms with Crippen LogP contribution in [0.4, 0.5) is 4.39 Å². The molecule has 0 saturated heterocycles. The molecule has 0 unspecified atom stereocenters. The van der Waals surface area contributed by atoms with Crippen LogP contribution in [-0.2, 0) is 12.8 Å². The van der Waals surface area contributed by atoms with Gasteiger partial charge in [-0.1, -0.05) is 131 Å². The lowest BCUT2D eigenvalue weighted by molar-refractivity contribution is 0.252. The van der Waals surface area contributed by atoms with E-state index in [1.165, 1.54) is 56.1 Å². The second-order valence-corrected chi connectivity index (χ2v) is 10.7. The molecule has 1 aliphatic carbocycles. The highest BCUT2D eigenvalue weighted by Gasteiger charge is 2.20. The number of rotatable bonds is 10. The van der Waals surface area contributed by atoms with Crippen LogP contribution in [0.3, 0.4) is 0 Å². The van der Waals surface area contributed by atoms with Crippen molar-refractivity contribution in [1.29, 1.82) is 0 Å². The zero-order valence-electron chi connectivity index (χ0n) is 21.6. The maximum absolute atomic E-state index is 14.8. The van der Waals surface area contributed by atoms with Crippen LogP contribution in [0, 0.1) is 17.7 Å². The van der Waals surface area contributed by atoms with Crippen molar-refractivity contribution >= 4 is 12.2 Å². The van der Waals surface area contributed by atoms with Gasteiger partial charge in [-0.2, -0.15) is 0 Å². The van der Waals surface area contributed by atoms with Crippen molar-refractivity contribution in [3.05, 3.63) is 106 Å². The van der Waals surface area contributed by atoms with Crippen molar-refractivity contribution in [2.75, 3.05) is 0 Å². The lowest BCUT2D eigenvalue weighted by Crippen LogP contribution is -2.15. The molecule has 0 aromatic heterocycles. The smallest absolute Gasteiger partial charge is 0.130 e. The monoisotopic (exact) mass is 468 g/mol. The van der Waals surface area contributed by atoms with E-state index in [-0.39, 0.29) is 5.82 Å². The molecule has 0 aliphatic heterocycles. The standard InChI is InChI=1S/C34H41F/c1-3-7-27-10-12-28(13-11-27)16-19-31-21-23-33(34(35)25-31)22-20-29-14-17-30(18-15-29)24-26(2)32-8-5-4-6-9-32/h4-6,8-9,14-15,17-18,20-23,25-28H,3,7,10-13,16,19,24H2,1-2H3/t26-,27?,28?/m0/s1. The first-order chi connectivity index (χ1) is 17.1. The van der Waals surface area contributed by atoms with Crippen LogP contribution in [0.15, 0.2) is 72.8 Å². The van der Waals surface area contributed by atoms with E-state index in [0.29, 0.717) is 11.5 Å². The van der Waals surface area contributed by atoms with E-state index in [9.17, 15) is 4.39 Å². The Hall–Kier alpha value is -2.67. The maximum atomic E-state index is 14.8. The summed E-state index contributed by atoms with van der Waals surface area (Å²) in [6.07, 6.45) is 15.3. The molecule has 1 aliphatic rings. The summed E-state index contributed by atoms with van der Waals surface area (Å²) in [6.45, 7) is 4.57. The Morgan fingerprint density at radius 2 is 1.46 bits per heavy atom. The summed E-state index contributed by atoms with van der Waals surface area (Å²) < 4.78 is 14.8. The second-order valence-electron chi connectivity index (χ2n) is 10.7. The summed E-state index contributed by atoms with van der Waals surface area (Å²) >= 11 is 0. The highest BCUT2D eigenvalue weighted by Crippen LogP contribution is 2.34. The molecule has 1 atom stereocenters. The molecule has 0 radical (unpaired) electrons. The predicted octanol–water partition coefficient (Wildman–Crippen LogP) is 9.88. The summed E-state index contributed by atoms with van der Waals surface area (Å²) in [6, 6.07) is 25.1. The first-order valence-corrected chi connectivity index (χ1v) is 13.7. The van der Waals surface area contributed by atoms with Crippen molar-refractivity contribution in [3.8, 4) is 0 Å². The molecule has 4 rings (SSSR count). The van der Waals surface area contributed by atoms with Gasteiger partial charge in [-0.05, 0) is 65.3 Å². The molecule has 1 fully saturated rings. The fourth-order valence-corrected chi connectivity index (χ4v) is 5.65. The molecule has 1 heteroatoms. The van der Waals surface area contributed by atoms with Crippen molar-refractivity contribution in [2.45, 2.75) is 77.6 Å². The van der Waals surface area contributed by atoms with Crippen LogP contribution in [0.25, 0.3) is 12.2 Å². The second kappa shape index (κ2) is 12.9. The first-order valence-electron chi connectivity index (χ1n) is 13.7. The van der Waals surface area contributed by atoms with Gasteiger partial charge in [0.2, 0.25) is 0 Å². The number of halogens is 1. The Bertz CT molecular complexity index is 1060. The Morgan fingerprint density at radius 3 is 2.11 bits per heavy atom. The van der Waals surface area contributed by atoms with Crippen LogP contribution in [0.2, 0.25) is 0 Å². The number of hydrogen-bond acceptors (Lipinski definition) is 0. The van der Waals surface area contributed by atoms with Gasteiger partial charge in [0.15, 0.2) is 0 Å². The summed E-state index contributed by atoms with van der Waals surface area (Å²) in [7, 11) is 0. The lowest BCUT2D eigenvalue weighted by Gasteiger charge is -2.28. The molecule has 3 aromatic rings. The number of benzene rings is 3. The van der Waals surface area contributed by atoms with Crippen LogP contribution in [0.5, 0.6) is 0 Å². The third kappa shape index (κ3) is 7.66. The molecule has 0 spiro atoms. The van der Waals surface area contributed by atoms with Gasteiger partial charge in [-0.3, -0.25) is 0 Å². The third-order valence-electron chi connectivity index (χ3n) is 7.91. The van der Waals surface area contributed by atoms with Gasteiger partial charge < -0.3 is 0 Å². The highest BCUT2D eigenvalue weighted by molar-refractivity contribution is 5.70. The topological polar surface area (TPSA) is 0 Å². The average molecular weight is 469 g/mol. The molecule has 1 saturated carbocycles. The molecule has 35 heavy (non-hydrogen) atoms. The Kier molecular flexibility index (Phi) is 9.35. The van der Waals surface area contributed by atoms with Gasteiger partial charge in [-0.25, -0.2) is 4.39 Å². The Balaban J connectivity index is 1.27. The van der Waals surface area contributed by atoms with Gasteiger partial charge in [-0.15, -0.1) is 0 Å². The first kappa shape index (κ1) is 25.4. The third-order valence-corrected chi connectivity index (χ3v) is 7.91. The zero-order valence-corrected chi connectivity index (χ0v) is 21.6. The van der Waals surface area contributed by atoms with Crippen molar-refractivity contribution < 1.29 is 4.39 Å². The van der Waals surface area contributed by atoms with E-state index >= 15 is 0 Å². The van der Waals surface area contributed by atoms with E-state index < -0.39 is 0 Å². The largest absolute Gasteiger partial charge is 0.206 e. The van der Waals surface area contributed by atoms with E-state index in [2.05, 4.69) is 74.5 Å².